The number of hydrogen-bond acceptors (Lipinski definition) is 5. The van der Waals surface area contributed by atoms with E-state index in [1.54, 1.807) is 23.0 Å². The van der Waals surface area contributed by atoms with Crippen molar-refractivity contribution in [2.24, 2.45) is 5.73 Å². The Morgan fingerprint density at radius 3 is 2.47 bits per heavy atom. The van der Waals surface area contributed by atoms with E-state index in [1.807, 2.05) is 59.6 Å². The van der Waals surface area contributed by atoms with Crippen molar-refractivity contribution in [3.63, 3.8) is 0 Å². The van der Waals surface area contributed by atoms with Crippen LogP contribution in [0.5, 0.6) is 0 Å². The van der Waals surface area contributed by atoms with Crippen LogP contribution in [-0.2, 0) is 19.6 Å². The van der Waals surface area contributed by atoms with Gasteiger partial charge in [-0.1, -0.05) is 57.0 Å². The fraction of sp³-hybridized carbons (Fsp3) is 0.130. The number of primary amides is 1. The summed E-state index contributed by atoms with van der Waals surface area (Å²) in [5, 5.41) is 9.24. The molecular formula is C23H20BrClN6O. The highest BCUT2D eigenvalue weighted by molar-refractivity contribution is 9.10. The van der Waals surface area contributed by atoms with Crippen molar-refractivity contribution in [3.05, 3.63) is 105 Å². The molecule has 0 saturated carbocycles. The number of hydrogen-bond donors (Lipinski definition) is 1. The van der Waals surface area contributed by atoms with E-state index in [0.29, 0.717) is 36.0 Å². The van der Waals surface area contributed by atoms with Crippen LogP contribution in [-0.4, -0.2) is 25.9 Å². The summed E-state index contributed by atoms with van der Waals surface area (Å²) in [5.41, 5.74) is 8.83. The topological polar surface area (TPSA) is 89.9 Å². The van der Waals surface area contributed by atoms with Crippen LogP contribution in [0.2, 0.25) is 5.02 Å². The van der Waals surface area contributed by atoms with Crippen molar-refractivity contribution >= 4 is 39.3 Å². The summed E-state index contributed by atoms with van der Waals surface area (Å²) < 4.78 is 2.81. The van der Waals surface area contributed by atoms with Crippen molar-refractivity contribution in [2.45, 2.75) is 19.6 Å². The first-order valence-electron chi connectivity index (χ1n) is 9.85. The average Bonchev–Trinajstić information content (AvgIpc) is 3.23. The number of halogens is 2. The molecule has 32 heavy (non-hydrogen) atoms. The Labute approximate surface area is 199 Å². The fourth-order valence-electron chi connectivity index (χ4n) is 3.32. The van der Waals surface area contributed by atoms with Gasteiger partial charge in [0, 0.05) is 22.2 Å². The molecule has 0 atom stereocenters. The number of carbonyl (C=O) groups excluding carboxylic acids is 1. The van der Waals surface area contributed by atoms with E-state index in [-0.39, 0.29) is 0 Å². The highest BCUT2D eigenvalue weighted by atomic mass is 79.9. The van der Waals surface area contributed by atoms with Crippen molar-refractivity contribution in [1.82, 2.24) is 20.0 Å². The van der Waals surface area contributed by atoms with Gasteiger partial charge in [-0.15, -0.1) is 5.10 Å². The molecule has 0 aliphatic heterocycles. The van der Waals surface area contributed by atoms with Crippen LogP contribution in [0.1, 0.15) is 27.2 Å². The first-order valence-corrected chi connectivity index (χ1v) is 11.0. The largest absolute Gasteiger partial charge is 0.365 e. The maximum Gasteiger partial charge on any atom is 0.252 e. The lowest BCUT2D eigenvalue weighted by atomic mass is 10.1. The van der Waals surface area contributed by atoms with Crippen LogP contribution in [0.15, 0.2) is 77.5 Å². The third kappa shape index (κ3) is 5.52. The Bertz CT molecular complexity index is 1210. The number of aromatic nitrogens is 4. The molecule has 0 saturated heterocycles. The van der Waals surface area contributed by atoms with Gasteiger partial charge in [0.25, 0.3) is 5.91 Å². The maximum atomic E-state index is 12.0. The Morgan fingerprint density at radius 2 is 1.75 bits per heavy atom. The van der Waals surface area contributed by atoms with Crippen LogP contribution < -0.4 is 10.6 Å². The molecule has 2 N–H and O–H groups in total. The summed E-state index contributed by atoms with van der Waals surface area (Å²) in [7, 11) is 0. The van der Waals surface area contributed by atoms with Gasteiger partial charge in [0.05, 0.1) is 24.8 Å². The van der Waals surface area contributed by atoms with E-state index >= 15 is 0 Å². The van der Waals surface area contributed by atoms with Gasteiger partial charge in [0.2, 0.25) is 0 Å². The zero-order valence-corrected chi connectivity index (χ0v) is 19.4. The Hall–Kier alpha value is -3.23. The molecule has 2 aromatic heterocycles. The first kappa shape index (κ1) is 22.0. The van der Waals surface area contributed by atoms with Crippen LogP contribution in [0.4, 0.5) is 5.82 Å². The van der Waals surface area contributed by atoms with Gasteiger partial charge in [-0.25, -0.2) is 9.67 Å². The number of nitrogens with two attached hydrogens (primary N) is 1. The fourth-order valence-corrected chi connectivity index (χ4v) is 3.71. The van der Waals surface area contributed by atoms with Gasteiger partial charge in [0.1, 0.15) is 11.5 Å². The van der Waals surface area contributed by atoms with Gasteiger partial charge >= 0.3 is 0 Å². The number of benzene rings is 2. The van der Waals surface area contributed by atoms with Gasteiger partial charge < -0.3 is 10.6 Å². The molecule has 0 fully saturated rings. The highest BCUT2D eigenvalue weighted by Gasteiger charge is 2.18. The number of pyridine rings is 1. The lowest BCUT2D eigenvalue weighted by Crippen LogP contribution is -2.27. The average molecular weight is 512 g/mol. The number of carbonyl (C=O) groups is 1. The molecule has 0 unspecified atom stereocenters. The van der Waals surface area contributed by atoms with E-state index in [1.165, 1.54) is 0 Å². The molecule has 0 spiro atoms. The minimum absolute atomic E-state index is 0.351. The molecule has 7 nitrogen and oxygen atoms in total. The number of amides is 1. The van der Waals surface area contributed by atoms with Crippen LogP contribution in [0.3, 0.4) is 0 Å². The summed E-state index contributed by atoms with van der Waals surface area (Å²) in [4.78, 5) is 18.4. The third-order valence-electron chi connectivity index (χ3n) is 4.84. The standard InChI is InChI=1S/C23H20BrClN6O/c24-18-7-3-17(4-8-18)13-31-15-20(28-29-31)14-30(12-16-5-9-19(25)10-6-16)23-21(22(26)32)2-1-11-27-23/h1-11,15H,12-14H2,(H2,26,32). The maximum absolute atomic E-state index is 12.0. The van der Waals surface area contributed by atoms with Gasteiger partial charge in [-0.05, 0) is 47.5 Å². The van der Waals surface area contributed by atoms with Crippen molar-refractivity contribution in [1.29, 1.82) is 0 Å². The van der Waals surface area contributed by atoms with E-state index in [0.717, 1.165) is 21.3 Å². The lowest BCUT2D eigenvalue weighted by Gasteiger charge is -2.24. The van der Waals surface area contributed by atoms with Crippen LogP contribution in [0.25, 0.3) is 0 Å². The van der Waals surface area contributed by atoms with Gasteiger partial charge in [-0.2, -0.15) is 0 Å². The highest BCUT2D eigenvalue weighted by Crippen LogP contribution is 2.22. The molecule has 4 rings (SSSR count). The quantitative estimate of drug-likeness (QED) is 0.378. The summed E-state index contributed by atoms with van der Waals surface area (Å²) >= 11 is 9.47. The van der Waals surface area contributed by atoms with E-state index in [2.05, 4.69) is 31.2 Å². The second kappa shape index (κ2) is 9.93. The summed E-state index contributed by atoms with van der Waals surface area (Å²) in [6.07, 6.45) is 3.53. The van der Waals surface area contributed by atoms with Crippen molar-refractivity contribution in [2.75, 3.05) is 4.90 Å². The van der Waals surface area contributed by atoms with E-state index in [4.69, 9.17) is 17.3 Å². The second-order valence-electron chi connectivity index (χ2n) is 7.26. The number of anilines is 1. The third-order valence-corrected chi connectivity index (χ3v) is 5.62. The second-order valence-corrected chi connectivity index (χ2v) is 8.61. The Balaban J connectivity index is 1.59. The molecule has 2 heterocycles. The first-order chi connectivity index (χ1) is 15.5. The van der Waals surface area contributed by atoms with Crippen LogP contribution in [0, 0.1) is 0 Å². The van der Waals surface area contributed by atoms with Crippen LogP contribution >= 0.6 is 27.5 Å². The van der Waals surface area contributed by atoms with E-state index in [9.17, 15) is 4.79 Å². The molecule has 2 aromatic carbocycles. The molecule has 9 heteroatoms. The molecule has 162 valence electrons. The molecular weight excluding hydrogens is 492 g/mol. The molecule has 0 aliphatic rings. The minimum atomic E-state index is -0.534. The summed E-state index contributed by atoms with van der Waals surface area (Å²) in [5.74, 6) is -0.0366. The van der Waals surface area contributed by atoms with Crippen molar-refractivity contribution in [3.8, 4) is 0 Å². The summed E-state index contributed by atoms with van der Waals surface area (Å²) in [6, 6.07) is 19.0. The molecule has 0 aliphatic carbocycles. The summed E-state index contributed by atoms with van der Waals surface area (Å²) in [6.45, 7) is 1.50. The predicted molar refractivity (Wildman–Crippen MR) is 127 cm³/mol. The molecule has 1 amide bonds. The SMILES string of the molecule is NC(=O)c1cccnc1N(Cc1ccc(Cl)cc1)Cc1cn(Cc2ccc(Br)cc2)nn1. The zero-order chi connectivity index (χ0) is 22.5. The number of nitrogens with zero attached hydrogens (tertiary/aromatic N) is 5. The lowest BCUT2D eigenvalue weighted by molar-refractivity contribution is 0.100. The Morgan fingerprint density at radius 1 is 1.03 bits per heavy atom. The monoisotopic (exact) mass is 510 g/mol. The van der Waals surface area contributed by atoms with Gasteiger partial charge in [0.15, 0.2) is 0 Å². The number of rotatable bonds is 8. The minimum Gasteiger partial charge on any atom is -0.365 e. The van der Waals surface area contributed by atoms with E-state index < -0.39 is 5.91 Å². The smallest absolute Gasteiger partial charge is 0.252 e. The Kier molecular flexibility index (Phi) is 6.82. The molecule has 0 radical (unpaired) electrons. The zero-order valence-electron chi connectivity index (χ0n) is 17.0. The molecule has 0 bridgehead atoms. The van der Waals surface area contributed by atoms with Gasteiger partial charge in [-0.3, -0.25) is 4.79 Å². The molecule has 4 aromatic rings. The predicted octanol–water partition coefficient (Wildman–Crippen LogP) is 4.44. The normalized spacial score (nSPS) is 10.8. The van der Waals surface area contributed by atoms with Crippen molar-refractivity contribution < 1.29 is 4.79 Å².